The van der Waals surface area contributed by atoms with Crippen molar-refractivity contribution in [1.82, 2.24) is 0 Å². The summed E-state index contributed by atoms with van der Waals surface area (Å²) in [5, 5.41) is 0. The molecular weight excluding hydrogens is 291 g/mol. The lowest BCUT2D eigenvalue weighted by Gasteiger charge is -2.07. The van der Waals surface area contributed by atoms with Gasteiger partial charge in [0.15, 0.2) is 9.84 Å². The summed E-state index contributed by atoms with van der Waals surface area (Å²) in [6.45, 7) is 0. The Morgan fingerprint density at radius 1 is 0.950 bits per heavy atom. The second-order valence-electron chi connectivity index (χ2n) is 4.23. The normalized spacial score (nSPS) is 11.6. The first kappa shape index (κ1) is 14.4. The summed E-state index contributed by atoms with van der Waals surface area (Å²) >= 11 is 0. The summed E-state index contributed by atoms with van der Waals surface area (Å²) in [7, 11) is -4.06. The number of anilines is 1. The molecule has 0 bridgehead atoms. The van der Waals surface area contributed by atoms with Gasteiger partial charge in [0, 0.05) is 11.8 Å². The molecule has 0 unspecified atom stereocenters. The van der Waals surface area contributed by atoms with Crippen molar-refractivity contribution in [1.29, 1.82) is 0 Å². The number of nitrogen functional groups attached to an aromatic ring is 1. The number of rotatable bonds is 3. The monoisotopic (exact) mass is 301 g/mol. The van der Waals surface area contributed by atoms with Gasteiger partial charge < -0.3 is 5.73 Å². The van der Waals surface area contributed by atoms with Crippen molar-refractivity contribution >= 4 is 15.5 Å². The van der Waals surface area contributed by atoms with Crippen LogP contribution in [0.5, 0.6) is 0 Å². The first-order valence-electron chi connectivity index (χ1n) is 5.51. The van der Waals surface area contributed by atoms with Crippen molar-refractivity contribution in [2.24, 2.45) is 0 Å². The van der Waals surface area contributed by atoms with Crippen molar-refractivity contribution in [2.75, 3.05) is 5.73 Å². The van der Waals surface area contributed by atoms with E-state index in [1.54, 1.807) is 0 Å². The van der Waals surface area contributed by atoms with E-state index in [1.165, 1.54) is 6.07 Å². The molecule has 0 atom stereocenters. The van der Waals surface area contributed by atoms with E-state index in [2.05, 4.69) is 0 Å². The minimum atomic E-state index is -4.06. The van der Waals surface area contributed by atoms with Gasteiger partial charge in [0.05, 0.1) is 5.75 Å². The lowest BCUT2D eigenvalue weighted by Crippen LogP contribution is -2.08. The van der Waals surface area contributed by atoms with Gasteiger partial charge in [-0.15, -0.1) is 0 Å². The fourth-order valence-electron chi connectivity index (χ4n) is 1.76. The summed E-state index contributed by atoms with van der Waals surface area (Å²) in [6, 6.07) is 5.53. The molecule has 3 nitrogen and oxygen atoms in total. The summed E-state index contributed by atoms with van der Waals surface area (Å²) in [6.07, 6.45) is 0. The van der Waals surface area contributed by atoms with E-state index in [9.17, 15) is 21.6 Å². The van der Waals surface area contributed by atoms with Crippen molar-refractivity contribution in [3.8, 4) is 0 Å². The molecule has 0 heterocycles. The third-order valence-electron chi connectivity index (χ3n) is 2.57. The molecular formula is C13H10F3NO2S. The van der Waals surface area contributed by atoms with Crippen molar-refractivity contribution < 1.29 is 21.6 Å². The van der Waals surface area contributed by atoms with Gasteiger partial charge in [-0.1, -0.05) is 0 Å². The minimum absolute atomic E-state index is 0.0817. The van der Waals surface area contributed by atoms with Crippen LogP contribution >= 0.6 is 0 Å². The molecule has 0 saturated carbocycles. The van der Waals surface area contributed by atoms with Crippen LogP contribution in [-0.4, -0.2) is 8.42 Å². The van der Waals surface area contributed by atoms with E-state index < -0.39 is 37.9 Å². The Bertz CT molecular complexity index is 740. The Morgan fingerprint density at radius 3 is 2.10 bits per heavy atom. The first-order chi connectivity index (χ1) is 9.28. The van der Waals surface area contributed by atoms with Gasteiger partial charge in [-0.25, -0.2) is 21.6 Å². The van der Waals surface area contributed by atoms with E-state index >= 15 is 0 Å². The van der Waals surface area contributed by atoms with Gasteiger partial charge in [0.25, 0.3) is 0 Å². The molecule has 0 radical (unpaired) electrons. The van der Waals surface area contributed by atoms with Crippen LogP contribution in [0.2, 0.25) is 0 Å². The van der Waals surface area contributed by atoms with Crippen LogP contribution in [0, 0.1) is 17.5 Å². The highest BCUT2D eigenvalue weighted by Gasteiger charge is 2.20. The zero-order valence-corrected chi connectivity index (χ0v) is 10.9. The Labute approximate surface area is 113 Å². The van der Waals surface area contributed by atoms with Gasteiger partial charge >= 0.3 is 0 Å². The maximum absolute atomic E-state index is 13.6. The van der Waals surface area contributed by atoms with Gasteiger partial charge in [0.1, 0.15) is 22.3 Å². The molecule has 2 aromatic carbocycles. The van der Waals surface area contributed by atoms with Crippen LogP contribution in [0.4, 0.5) is 18.9 Å². The Balaban J connectivity index is 2.40. The number of nitrogens with two attached hydrogens (primary N) is 1. The summed E-state index contributed by atoms with van der Waals surface area (Å²) in [4.78, 5) is -0.559. The molecule has 2 aromatic rings. The molecule has 2 N–H and O–H groups in total. The summed E-state index contributed by atoms with van der Waals surface area (Å²) in [5.41, 5.74) is 5.31. The molecule has 0 fully saturated rings. The molecule has 0 aliphatic carbocycles. The van der Waals surface area contributed by atoms with Crippen molar-refractivity contribution in [3.05, 3.63) is 59.4 Å². The quantitative estimate of drug-likeness (QED) is 0.887. The highest BCUT2D eigenvalue weighted by Crippen LogP contribution is 2.22. The standard InChI is InChI=1S/C13H10F3NO2S/c14-9-3-8(4-10(15)5-9)7-20(18,19)13-2-1-11(17)6-12(13)16/h1-6H,7,17H2. The zero-order valence-electron chi connectivity index (χ0n) is 10.1. The lowest BCUT2D eigenvalue weighted by molar-refractivity contribution is 0.565. The van der Waals surface area contributed by atoms with Gasteiger partial charge in [-0.3, -0.25) is 0 Å². The minimum Gasteiger partial charge on any atom is -0.399 e. The largest absolute Gasteiger partial charge is 0.399 e. The van der Waals surface area contributed by atoms with E-state index in [0.29, 0.717) is 6.07 Å². The third-order valence-corrected chi connectivity index (χ3v) is 4.28. The second-order valence-corrected chi connectivity index (χ2v) is 6.18. The maximum Gasteiger partial charge on any atom is 0.185 e. The molecule has 7 heteroatoms. The number of sulfone groups is 1. The highest BCUT2D eigenvalue weighted by molar-refractivity contribution is 7.90. The average molecular weight is 301 g/mol. The smallest absolute Gasteiger partial charge is 0.185 e. The Kier molecular flexibility index (Phi) is 3.71. The van der Waals surface area contributed by atoms with Crippen LogP contribution < -0.4 is 5.73 Å². The Hall–Kier alpha value is -2.02. The molecule has 0 aliphatic rings. The molecule has 0 amide bonds. The van der Waals surface area contributed by atoms with Crippen LogP contribution in [0.1, 0.15) is 5.56 Å². The highest BCUT2D eigenvalue weighted by atomic mass is 32.2. The van der Waals surface area contributed by atoms with E-state index in [0.717, 1.165) is 24.3 Å². The predicted octanol–water partition coefficient (Wildman–Crippen LogP) is 2.66. The number of halogens is 3. The molecule has 0 aliphatic heterocycles. The molecule has 0 spiro atoms. The topological polar surface area (TPSA) is 60.2 Å². The average Bonchev–Trinajstić information content (AvgIpc) is 2.25. The number of hydrogen-bond donors (Lipinski definition) is 1. The number of benzene rings is 2. The Morgan fingerprint density at radius 2 is 1.55 bits per heavy atom. The first-order valence-corrected chi connectivity index (χ1v) is 7.16. The SMILES string of the molecule is Nc1ccc(S(=O)(=O)Cc2cc(F)cc(F)c2)c(F)c1. The zero-order chi connectivity index (χ0) is 14.9. The molecule has 0 saturated heterocycles. The van der Waals surface area contributed by atoms with Gasteiger partial charge in [-0.2, -0.15) is 0 Å². The van der Waals surface area contributed by atoms with E-state index in [1.807, 2.05) is 0 Å². The van der Waals surface area contributed by atoms with Crippen molar-refractivity contribution in [3.63, 3.8) is 0 Å². The van der Waals surface area contributed by atoms with Gasteiger partial charge in [-0.05, 0) is 35.9 Å². The molecule has 0 aromatic heterocycles. The van der Waals surface area contributed by atoms with Crippen LogP contribution in [0.15, 0.2) is 41.3 Å². The lowest BCUT2D eigenvalue weighted by atomic mass is 10.2. The maximum atomic E-state index is 13.6. The fraction of sp³-hybridized carbons (Fsp3) is 0.0769. The van der Waals surface area contributed by atoms with E-state index in [4.69, 9.17) is 5.73 Å². The number of hydrogen-bond acceptors (Lipinski definition) is 3. The predicted molar refractivity (Wildman–Crippen MR) is 68.1 cm³/mol. The second kappa shape index (κ2) is 5.16. The molecule has 2 rings (SSSR count). The summed E-state index contributed by atoms with van der Waals surface area (Å²) < 4.78 is 63.7. The molecule has 106 valence electrons. The molecule has 20 heavy (non-hydrogen) atoms. The fourth-order valence-corrected chi connectivity index (χ4v) is 3.15. The van der Waals surface area contributed by atoms with Crippen LogP contribution in [-0.2, 0) is 15.6 Å². The summed E-state index contributed by atoms with van der Waals surface area (Å²) in [5.74, 6) is -3.49. The van der Waals surface area contributed by atoms with Crippen molar-refractivity contribution in [2.45, 2.75) is 10.6 Å². The van der Waals surface area contributed by atoms with Crippen LogP contribution in [0.3, 0.4) is 0 Å². The van der Waals surface area contributed by atoms with Gasteiger partial charge in [0.2, 0.25) is 0 Å². The van der Waals surface area contributed by atoms with Crippen LogP contribution in [0.25, 0.3) is 0 Å². The van der Waals surface area contributed by atoms with E-state index in [-0.39, 0.29) is 11.3 Å². The third kappa shape index (κ3) is 3.11.